The van der Waals surface area contributed by atoms with E-state index < -0.39 is 22.9 Å². The third-order valence-corrected chi connectivity index (χ3v) is 2.40. The fourth-order valence-electron chi connectivity index (χ4n) is 1.40. The third kappa shape index (κ3) is 1.87. The first-order valence-corrected chi connectivity index (χ1v) is 4.82. The minimum atomic E-state index is -0.715. The van der Waals surface area contributed by atoms with Gasteiger partial charge in [0.2, 0.25) is 11.2 Å². The quantitative estimate of drug-likeness (QED) is 0.796. The van der Waals surface area contributed by atoms with E-state index in [1.165, 1.54) is 19.1 Å². The van der Waals surface area contributed by atoms with E-state index >= 15 is 0 Å². The van der Waals surface area contributed by atoms with E-state index in [4.69, 9.17) is 4.42 Å². The van der Waals surface area contributed by atoms with Gasteiger partial charge in [-0.05, 0) is 31.2 Å². The zero-order valence-corrected chi connectivity index (χ0v) is 8.90. The molecule has 0 bridgehead atoms. The molecule has 2 aromatic rings. The predicted octanol–water partition coefficient (Wildman–Crippen LogP) is 2.17. The van der Waals surface area contributed by atoms with Gasteiger partial charge >= 0.3 is 0 Å². The molecule has 5 heteroatoms. The Bertz CT molecular complexity index is 614. The van der Waals surface area contributed by atoms with Crippen molar-refractivity contribution in [3.05, 3.63) is 45.9 Å². The number of hydrogen-bond donors (Lipinski definition) is 2. The second-order valence-corrected chi connectivity index (χ2v) is 3.55. The number of hydrogen-bond acceptors (Lipinski definition) is 4. The van der Waals surface area contributed by atoms with Gasteiger partial charge in [0.1, 0.15) is 5.82 Å². The molecule has 2 N–H and O–H groups in total. The van der Waals surface area contributed by atoms with Crippen LogP contribution in [0.4, 0.5) is 4.39 Å². The maximum absolute atomic E-state index is 12.7. The first-order chi connectivity index (χ1) is 8.00. The largest absolute Gasteiger partial charge is 0.502 e. The minimum absolute atomic E-state index is 0.0756. The summed E-state index contributed by atoms with van der Waals surface area (Å²) in [6.07, 6.45) is 0. The summed E-state index contributed by atoms with van der Waals surface area (Å²) < 4.78 is 17.7. The van der Waals surface area contributed by atoms with Crippen LogP contribution in [-0.4, -0.2) is 10.2 Å². The molecule has 1 heterocycles. The number of aromatic hydroxyl groups is 2. The van der Waals surface area contributed by atoms with Crippen LogP contribution < -0.4 is 5.43 Å². The van der Waals surface area contributed by atoms with Crippen LogP contribution in [0, 0.1) is 12.7 Å². The van der Waals surface area contributed by atoms with Crippen molar-refractivity contribution in [1.29, 1.82) is 0 Å². The molecule has 1 aromatic heterocycles. The Morgan fingerprint density at radius 2 is 1.76 bits per heavy atom. The maximum Gasteiger partial charge on any atom is 0.289 e. The van der Waals surface area contributed by atoms with E-state index in [1.54, 1.807) is 0 Å². The van der Waals surface area contributed by atoms with Gasteiger partial charge in [-0.25, -0.2) is 4.39 Å². The molecule has 0 saturated carbocycles. The summed E-state index contributed by atoms with van der Waals surface area (Å²) in [5.41, 5.74) is -0.488. The van der Waals surface area contributed by atoms with E-state index in [1.807, 2.05) is 0 Å². The fourth-order valence-corrected chi connectivity index (χ4v) is 1.40. The molecule has 0 amide bonds. The van der Waals surface area contributed by atoms with Crippen LogP contribution in [0.5, 0.6) is 11.7 Å². The molecule has 0 unspecified atom stereocenters. The van der Waals surface area contributed by atoms with Gasteiger partial charge < -0.3 is 14.6 Å². The van der Waals surface area contributed by atoms with Gasteiger partial charge in [-0.15, -0.1) is 0 Å². The Labute approximate surface area is 95.6 Å². The minimum Gasteiger partial charge on any atom is -0.502 e. The maximum atomic E-state index is 12.7. The highest BCUT2D eigenvalue weighted by Crippen LogP contribution is 2.30. The lowest BCUT2D eigenvalue weighted by Gasteiger charge is -2.05. The van der Waals surface area contributed by atoms with Crippen molar-refractivity contribution in [1.82, 2.24) is 0 Å². The van der Waals surface area contributed by atoms with Crippen molar-refractivity contribution in [2.45, 2.75) is 6.92 Å². The smallest absolute Gasteiger partial charge is 0.289 e. The monoisotopic (exact) mass is 236 g/mol. The lowest BCUT2D eigenvalue weighted by atomic mass is 10.1. The second-order valence-electron chi connectivity index (χ2n) is 3.55. The van der Waals surface area contributed by atoms with Crippen LogP contribution in [0.1, 0.15) is 5.56 Å². The highest BCUT2D eigenvalue weighted by Gasteiger charge is 2.16. The van der Waals surface area contributed by atoms with Crippen LogP contribution in [0.15, 0.2) is 33.5 Å². The Balaban J connectivity index is 2.68. The highest BCUT2D eigenvalue weighted by atomic mass is 19.1. The molecule has 0 radical (unpaired) electrons. The van der Waals surface area contributed by atoms with Crippen molar-refractivity contribution in [2.75, 3.05) is 0 Å². The van der Waals surface area contributed by atoms with Crippen LogP contribution in [0.25, 0.3) is 11.3 Å². The molecule has 0 aliphatic rings. The third-order valence-electron chi connectivity index (χ3n) is 2.40. The Hall–Kier alpha value is -2.30. The molecule has 88 valence electrons. The zero-order chi connectivity index (χ0) is 12.6. The molecule has 0 fully saturated rings. The Kier molecular flexibility index (Phi) is 2.59. The normalized spacial score (nSPS) is 10.5. The summed E-state index contributed by atoms with van der Waals surface area (Å²) in [6, 6.07) is 4.99. The van der Waals surface area contributed by atoms with Gasteiger partial charge in [-0.3, -0.25) is 4.79 Å². The average Bonchev–Trinajstić information content (AvgIpc) is 2.32. The predicted molar refractivity (Wildman–Crippen MR) is 58.4 cm³/mol. The SMILES string of the molecule is Cc1c(O)oc(-c2ccc(F)cc2)c(O)c1=O. The summed E-state index contributed by atoms with van der Waals surface area (Å²) in [5.74, 6) is -1.80. The van der Waals surface area contributed by atoms with Crippen molar-refractivity contribution < 1.29 is 19.0 Å². The van der Waals surface area contributed by atoms with Gasteiger partial charge in [-0.1, -0.05) is 0 Å². The molecule has 17 heavy (non-hydrogen) atoms. The average molecular weight is 236 g/mol. The standard InChI is InChI=1S/C12H9FO4/c1-6-9(14)10(15)11(17-12(6)16)7-2-4-8(13)5-3-7/h2-5,15-16H,1H3. The summed E-state index contributed by atoms with van der Waals surface area (Å²) >= 11 is 0. The number of benzene rings is 1. The van der Waals surface area contributed by atoms with E-state index in [-0.39, 0.29) is 11.3 Å². The summed E-state index contributed by atoms with van der Waals surface area (Å²) in [6.45, 7) is 1.33. The van der Waals surface area contributed by atoms with Crippen LogP contribution in [0.2, 0.25) is 0 Å². The van der Waals surface area contributed by atoms with E-state index in [0.29, 0.717) is 5.56 Å². The lowest BCUT2D eigenvalue weighted by Crippen LogP contribution is -2.05. The lowest BCUT2D eigenvalue weighted by molar-refractivity contribution is 0.312. The van der Waals surface area contributed by atoms with Crippen molar-refractivity contribution in [2.24, 2.45) is 0 Å². The second kappa shape index (κ2) is 3.93. The molecule has 0 aliphatic carbocycles. The van der Waals surface area contributed by atoms with Crippen molar-refractivity contribution in [3.8, 4) is 23.0 Å². The van der Waals surface area contributed by atoms with E-state index in [0.717, 1.165) is 12.1 Å². The summed E-state index contributed by atoms with van der Waals surface area (Å²) in [5, 5.41) is 19.0. The first-order valence-electron chi connectivity index (χ1n) is 4.82. The molecule has 1 aromatic carbocycles. The summed E-state index contributed by atoms with van der Waals surface area (Å²) in [7, 11) is 0. The van der Waals surface area contributed by atoms with Crippen molar-refractivity contribution in [3.63, 3.8) is 0 Å². The van der Waals surface area contributed by atoms with Gasteiger partial charge in [0.25, 0.3) is 5.95 Å². The van der Waals surface area contributed by atoms with Gasteiger partial charge in [0.05, 0.1) is 5.56 Å². The van der Waals surface area contributed by atoms with Gasteiger partial charge in [0.15, 0.2) is 5.76 Å². The van der Waals surface area contributed by atoms with Crippen molar-refractivity contribution >= 4 is 0 Å². The van der Waals surface area contributed by atoms with Gasteiger partial charge in [-0.2, -0.15) is 0 Å². The molecule has 0 aliphatic heterocycles. The Morgan fingerprint density at radius 1 is 1.18 bits per heavy atom. The van der Waals surface area contributed by atoms with Crippen LogP contribution in [-0.2, 0) is 0 Å². The molecule has 0 spiro atoms. The molecule has 0 atom stereocenters. The number of halogens is 1. The fraction of sp³-hybridized carbons (Fsp3) is 0.0833. The molecular weight excluding hydrogens is 227 g/mol. The van der Waals surface area contributed by atoms with Gasteiger partial charge in [0, 0.05) is 5.56 Å². The van der Waals surface area contributed by atoms with Crippen LogP contribution >= 0.6 is 0 Å². The molecule has 2 rings (SSSR count). The Morgan fingerprint density at radius 3 is 2.35 bits per heavy atom. The van der Waals surface area contributed by atoms with Crippen LogP contribution in [0.3, 0.4) is 0 Å². The molecular formula is C12H9FO4. The number of rotatable bonds is 1. The highest BCUT2D eigenvalue weighted by molar-refractivity contribution is 5.64. The molecule has 4 nitrogen and oxygen atoms in total. The van der Waals surface area contributed by atoms with E-state index in [2.05, 4.69) is 0 Å². The topological polar surface area (TPSA) is 70.7 Å². The zero-order valence-electron chi connectivity index (χ0n) is 8.90. The van der Waals surface area contributed by atoms with E-state index in [9.17, 15) is 19.4 Å². The first kappa shape index (κ1) is 11.2. The molecule has 0 saturated heterocycles. The summed E-state index contributed by atoms with van der Waals surface area (Å²) in [4.78, 5) is 11.5.